The molecular formula is C11H20N2O3. The van der Waals surface area contributed by atoms with Gasteiger partial charge in [-0.25, -0.2) is 4.79 Å². The number of likely N-dealkylation sites (tertiary alicyclic amines) is 1. The summed E-state index contributed by atoms with van der Waals surface area (Å²) in [4.78, 5) is 24.2. The average molecular weight is 228 g/mol. The average Bonchev–Trinajstić information content (AvgIpc) is 2.67. The third kappa shape index (κ3) is 3.72. The van der Waals surface area contributed by atoms with Gasteiger partial charge < -0.3 is 15.3 Å². The lowest BCUT2D eigenvalue weighted by Crippen LogP contribution is -2.38. The fourth-order valence-corrected chi connectivity index (χ4v) is 2.15. The van der Waals surface area contributed by atoms with Gasteiger partial charge in [0.2, 0.25) is 5.91 Å². The summed E-state index contributed by atoms with van der Waals surface area (Å²) in [5.41, 5.74) is 0. The zero-order chi connectivity index (χ0) is 12.1. The minimum Gasteiger partial charge on any atom is -0.465 e. The minimum atomic E-state index is -1.03. The Balaban J connectivity index is 2.35. The van der Waals surface area contributed by atoms with Crippen molar-refractivity contribution in [1.82, 2.24) is 10.2 Å². The van der Waals surface area contributed by atoms with E-state index in [9.17, 15) is 9.59 Å². The molecule has 0 saturated carbocycles. The molecule has 1 heterocycles. The van der Waals surface area contributed by atoms with Gasteiger partial charge in [0.05, 0.1) is 0 Å². The minimum absolute atomic E-state index is 0.111. The van der Waals surface area contributed by atoms with E-state index in [0.717, 1.165) is 25.9 Å². The number of hydrogen-bond donors (Lipinski definition) is 2. The SMILES string of the molecule is CC(CC(C)C(=O)N1CCCC1)NC(=O)O. The second-order valence-electron chi connectivity index (χ2n) is 4.52. The van der Waals surface area contributed by atoms with Gasteiger partial charge in [-0.3, -0.25) is 4.79 Å². The Morgan fingerprint density at radius 2 is 1.88 bits per heavy atom. The molecule has 2 unspecified atom stereocenters. The van der Waals surface area contributed by atoms with E-state index < -0.39 is 6.09 Å². The van der Waals surface area contributed by atoms with Gasteiger partial charge in [-0.05, 0) is 26.2 Å². The maximum atomic E-state index is 11.9. The van der Waals surface area contributed by atoms with Crippen molar-refractivity contribution in [3.8, 4) is 0 Å². The van der Waals surface area contributed by atoms with Gasteiger partial charge in [-0.2, -0.15) is 0 Å². The molecule has 2 atom stereocenters. The first-order valence-electron chi connectivity index (χ1n) is 5.79. The third-order valence-corrected chi connectivity index (χ3v) is 2.92. The monoisotopic (exact) mass is 228 g/mol. The molecule has 5 nitrogen and oxygen atoms in total. The number of nitrogens with zero attached hydrogens (tertiary/aromatic N) is 1. The molecule has 0 spiro atoms. The third-order valence-electron chi connectivity index (χ3n) is 2.92. The first-order valence-corrected chi connectivity index (χ1v) is 5.79. The molecule has 1 rings (SSSR count). The van der Waals surface area contributed by atoms with Crippen LogP contribution >= 0.6 is 0 Å². The number of carboxylic acid groups (broad SMARTS) is 1. The summed E-state index contributed by atoms with van der Waals surface area (Å²) in [6.45, 7) is 5.34. The number of nitrogens with one attached hydrogen (secondary N) is 1. The summed E-state index contributed by atoms with van der Waals surface area (Å²) >= 11 is 0. The quantitative estimate of drug-likeness (QED) is 0.761. The van der Waals surface area contributed by atoms with Crippen LogP contribution in [-0.4, -0.2) is 41.1 Å². The lowest BCUT2D eigenvalue weighted by Gasteiger charge is -2.22. The van der Waals surface area contributed by atoms with Crippen molar-refractivity contribution in [2.24, 2.45) is 5.92 Å². The van der Waals surface area contributed by atoms with E-state index in [0.29, 0.717) is 6.42 Å². The second-order valence-corrected chi connectivity index (χ2v) is 4.52. The van der Waals surface area contributed by atoms with Crippen LogP contribution in [0.5, 0.6) is 0 Å². The van der Waals surface area contributed by atoms with Crippen LogP contribution in [0.25, 0.3) is 0 Å². The summed E-state index contributed by atoms with van der Waals surface area (Å²) in [7, 11) is 0. The topological polar surface area (TPSA) is 69.6 Å². The number of amides is 2. The molecule has 1 fully saturated rings. The number of carbonyl (C=O) groups is 2. The van der Waals surface area contributed by atoms with Crippen LogP contribution in [0.1, 0.15) is 33.1 Å². The molecule has 0 aliphatic carbocycles. The van der Waals surface area contributed by atoms with Crippen molar-refractivity contribution in [2.75, 3.05) is 13.1 Å². The highest BCUT2D eigenvalue weighted by Gasteiger charge is 2.24. The van der Waals surface area contributed by atoms with Crippen LogP contribution in [0.15, 0.2) is 0 Å². The highest BCUT2D eigenvalue weighted by molar-refractivity contribution is 5.78. The van der Waals surface area contributed by atoms with Gasteiger partial charge in [0.25, 0.3) is 0 Å². The van der Waals surface area contributed by atoms with Crippen LogP contribution in [0.2, 0.25) is 0 Å². The fourth-order valence-electron chi connectivity index (χ4n) is 2.15. The Labute approximate surface area is 95.8 Å². The first-order chi connectivity index (χ1) is 7.50. The molecule has 0 aromatic heterocycles. The molecule has 0 bridgehead atoms. The van der Waals surface area contributed by atoms with Crippen molar-refractivity contribution in [3.05, 3.63) is 0 Å². The zero-order valence-electron chi connectivity index (χ0n) is 9.90. The smallest absolute Gasteiger partial charge is 0.404 e. The molecule has 0 aromatic carbocycles. The molecule has 1 aliphatic heterocycles. The predicted molar refractivity (Wildman–Crippen MR) is 60.2 cm³/mol. The summed E-state index contributed by atoms with van der Waals surface area (Å²) in [5.74, 6) is 0.0384. The standard InChI is InChI=1S/C11H20N2O3/c1-8(7-9(2)12-11(15)16)10(14)13-5-3-4-6-13/h8-9,12H,3-7H2,1-2H3,(H,15,16). The Kier molecular flexibility index (Phi) is 4.58. The largest absolute Gasteiger partial charge is 0.465 e. The van der Waals surface area contributed by atoms with Crippen molar-refractivity contribution in [3.63, 3.8) is 0 Å². The van der Waals surface area contributed by atoms with Gasteiger partial charge in [-0.1, -0.05) is 6.92 Å². The van der Waals surface area contributed by atoms with Crippen molar-refractivity contribution in [2.45, 2.75) is 39.2 Å². The highest BCUT2D eigenvalue weighted by Crippen LogP contribution is 2.15. The summed E-state index contributed by atoms with van der Waals surface area (Å²) in [6.07, 6.45) is 1.69. The summed E-state index contributed by atoms with van der Waals surface area (Å²) < 4.78 is 0. The zero-order valence-corrected chi connectivity index (χ0v) is 9.90. The Bertz CT molecular complexity index is 262. The molecule has 2 N–H and O–H groups in total. The van der Waals surface area contributed by atoms with E-state index in [1.54, 1.807) is 6.92 Å². The highest BCUT2D eigenvalue weighted by atomic mass is 16.4. The molecular weight excluding hydrogens is 208 g/mol. The van der Waals surface area contributed by atoms with E-state index in [1.807, 2.05) is 11.8 Å². The molecule has 5 heteroatoms. The van der Waals surface area contributed by atoms with Crippen molar-refractivity contribution in [1.29, 1.82) is 0 Å². The Morgan fingerprint density at radius 3 is 2.38 bits per heavy atom. The van der Waals surface area contributed by atoms with Gasteiger partial charge in [0, 0.05) is 25.0 Å². The van der Waals surface area contributed by atoms with Crippen molar-refractivity contribution >= 4 is 12.0 Å². The van der Waals surface area contributed by atoms with Gasteiger partial charge in [0.15, 0.2) is 0 Å². The normalized spacial score (nSPS) is 19.2. The Hall–Kier alpha value is -1.26. The van der Waals surface area contributed by atoms with Gasteiger partial charge >= 0.3 is 6.09 Å². The van der Waals surface area contributed by atoms with Crippen LogP contribution in [0, 0.1) is 5.92 Å². The van der Waals surface area contributed by atoms with E-state index in [4.69, 9.17) is 5.11 Å². The van der Waals surface area contributed by atoms with E-state index in [-0.39, 0.29) is 17.9 Å². The molecule has 92 valence electrons. The molecule has 1 saturated heterocycles. The molecule has 0 aromatic rings. The molecule has 1 aliphatic rings. The van der Waals surface area contributed by atoms with Gasteiger partial charge in [0.1, 0.15) is 0 Å². The van der Waals surface area contributed by atoms with Crippen LogP contribution in [-0.2, 0) is 4.79 Å². The predicted octanol–water partition coefficient (Wildman–Crippen LogP) is 1.29. The van der Waals surface area contributed by atoms with Crippen LogP contribution in [0.3, 0.4) is 0 Å². The summed E-state index contributed by atoms with van der Waals surface area (Å²) in [5, 5.41) is 10.9. The van der Waals surface area contributed by atoms with Gasteiger partial charge in [-0.15, -0.1) is 0 Å². The van der Waals surface area contributed by atoms with Crippen LogP contribution in [0.4, 0.5) is 4.79 Å². The maximum absolute atomic E-state index is 11.9. The lowest BCUT2D eigenvalue weighted by molar-refractivity contribution is -0.134. The number of hydrogen-bond acceptors (Lipinski definition) is 2. The molecule has 16 heavy (non-hydrogen) atoms. The molecule has 0 radical (unpaired) electrons. The lowest BCUT2D eigenvalue weighted by atomic mass is 10.0. The number of carbonyl (C=O) groups excluding carboxylic acids is 1. The maximum Gasteiger partial charge on any atom is 0.404 e. The second kappa shape index (κ2) is 5.72. The van der Waals surface area contributed by atoms with E-state index >= 15 is 0 Å². The first kappa shape index (κ1) is 12.8. The summed E-state index contributed by atoms with van der Waals surface area (Å²) in [6, 6.07) is -0.181. The van der Waals surface area contributed by atoms with E-state index in [1.165, 1.54) is 0 Å². The Morgan fingerprint density at radius 1 is 1.31 bits per heavy atom. The number of rotatable bonds is 4. The van der Waals surface area contributed by atoms with Crippen molar-refractivity contribution < 1.29 is 14.7 Å². The molecule has 2 amide bonds. The van der Waals surface area contributed by atoms with E-state index in [2.05, 4.69) is 5.32 Å². The fraction of sp³-hybridized carbons (Fsp3) is 0.818. The van der Waals surface area contributed by atoms with Crippen LogP contribution < -0.4 is 5.32 Å².